The van der Waals surface area contributed by atoms with Gasteiger partial charge < -0.3 is 20.3 Å². The molecule has 0 radical (unpaired) electrons. The molecule has 2 amide bonds. The normalized spacial score (nSPS) is 23.8. The van der Waals surface area contributed by atoms with Crippen molar-refractivity contribution in [3.05, 3.63) is 48.0 Å². The molecule has 0 aromatic heterocycles. The van der Waals surface area contributed by atoms with Crippen molar-refractivity contribution in [3.8, 4) is 0 Å². The number of rotatable bonds is 4. The third-order valence-electron chi connectivity index (χ3n) is 4.64. The van der Waals surface area contributed by atoms with Crippen LogP contribution in [0, 0.1) is 0 Å². The average Bonchev–Trinajstić information content (AvgIpc) is 2.84. The van der Waals surface area contributed by atoms with Crippen LogP contribution in [0.15, 0.2) is 42.5 Å². The highest BCUT2D eigenvalue weighted by atomic mass is 16.5. The molecule has 2 N–H and O–H groups in total. The van der Waals surface area contributed by atoms with Gasteiger partial charge in [-0.3, -0.25) is 4.79 Å². The van der Waals surface area contributed by atoms with Crippen molar-refractivity contribution in [2.75, 3.05) is 19.6 Å². The monoisotopic (exact) mass is 343 g/mol. The number of piperidine rings is 1. The van der Waals surface area contributed by atoms with Crippen LogP contribution in [-0.2, 0) is 16.1 Å². The maximum Gasteiger partial charge on any atom is 0.408 e. The van der Waals surface area contributed by atoms with Crippen molar-refractivity contribution in [1.82, 2.24) is 15.5 Å². The lowest BCUT2D eigenvalue weighted by Crippen LogP contribution is -2.54. The van der Waals surface area contributed by atoms with Crippen LogP contribution in [0.2, 0.25) is 0 Å². The van der Waals surface area contributed by atoms with Gasteiger partial charge in [0.05, 0.1) is 0 Å². The van der Waals surface area contributed by atoms with Crippen molar-refractivity contribution in [2.45, 2.75) is 38.0 Å². The number of nitrogens with zero attached hydrogens (tertiary/aromatic N) is 1. The van der Waals surface area contributed by atoms with Gasteiger partial charge in [0, 0.05) is 19.1 Å². The van der Waals surface area contributed by atoms with Gasteiger partial charge in [-0.1, -0.05) is 42.5 Å². The molecule has 0 spiro atoms. The number of ether oxygens (including phenoxy) is 1. The molecule has 2 aliphatic rings. The van der Waals surface area contributed by atoms with Crippen LogP contribution in [-0.4, -0.2) is 48.6 Å². The van der Waals surface area contributed by atoms with Crippen molar-refractivity contribution in [2.24, 2.45) is 0 Å². The van der Waals surface area contributed by atoms with E-state index < -0.39 is 12.1 Å². The maximum absolute atomic E-state index is 12.8. The molecule has 2 aliphatic heterocycles. The minimum absolute atomic E-state index is 0.0321. The quantitative estimate of drug-likeness (QED) is 0.818. The molecule has 2 heterocycles. The molecule has 1 aromatic rings. The summed E-state index contributed by atoms with van der Waals surface area (Å²) in [7, 11) is 0. The number of amides is 2. The zero-order valence-corrected chi connectivity index (χ0v) is 14.3. The summed E-state index contributed by atoms with van der Waals surface area (Å²) in [5.41, 5.74) is 0.916. The molecule has 0 aliphatic carbocycles. The molecular formula is C19H25N3O3. The number of hydrogen-bond acceptors (Lipinski definition) is 4. The Labute approximate surface area is 148 Å². The van der Waals surface area contributed by atoms with Gasteiger partial charge in [-0.2, -0.15) is 0 Å². The van der Waals surface area contributed by atoms with E-state index in [0.717, 1.165) is 31.5 Å². The summed E-state index contributed by atoms with van der Waals surface area (Å²) in [5.74, 6) is -0.0321. The van der Waals surface area contributed by atoms with E-state index in [0.29, 0.717) is 13.0 Å². The zero-order valence-electron chi connectivity index (χ0n) is 14.3. The summed E-state index contributed by atoms with van der Waals surface area (Å²) in [6.07, 6.45) is 5.96. The second-order valence-electron chi connectivity index (χ2n) is 6.46. The molecule has 3 rings (SSSR count). The zero-order chi connectivity index (χ0) is 17.5. The predicted molar refractivity (Wildman–Crippen MR) is 94.9 cm³/mol. The lowest BCUT2D eigenvalue weighted by Gasteiger charge is -2.35. The fourth-order valence-corrected chi connectivity index (χ4v) is 3.27. The first-order chi connectivity index (χ1) is 12.2. The number of benzene rings is 1. The molecule has 0 unspecified atom stereocenters. The van der Waals surface area contributed by atoms with Crippen molar-refractivity contribution >= 4 is 12.0 Å². The molecule has 6 heteroatoms. The lowest BCUT2D eigenvalue weighted by atomic mass is 10.0. The van der Waals surface area contributed by atoms with Crippen molar-refractivity contribution < 1.29 is 14.3 Å². The fourth-order valence-electron chi connectivity index (χ4n) is 3.27. The third-order valence-corrected chi connectivity index (χ3v) is 4.64. The molecule has 1 aromatic carbocycles. The van der Waals surface area contributed by atoms with Gasteiger partial charge in [0.2, 0.25) is 5.91 Å². The molecule has 25 heavy (non-hydrogen) atoms. The van der Waals surface area contributed by atoms with E-state index in [4.69, 9.17) is 4.74 Å². The van der Waals surface area contributed by atoms with Crippen LogP contribution in [0.4, 0.5) is 4.79 Å². The van der Waals surface area contributed by atoms with E-state index in [-0.39, 0.29) is 18.6 Å². The molecule has 1 saturated heterocycles. The Morgan fingerprint density at radius 3 is 2.88 bits per heavy atom. The summed E-state index contributed by atoms with van der Waals surface area (Å²) < 4.78 is 5.24. The molecule has 1 fully saturated rings. The number of alkyl carbamates (subject to hydrolysis) is 1. The molecule has 134 valence electrons. The van der Waals surface area contributed by atoms with Crippen molar-refractivity contribution in [1.29, 1.82) is 0 Å². The Bertz CT molecular complexity index is 612. The first-order valence-corrected chi connectivity index (χ1v) is 8.87. The Kier molecular flexibility index (Phi) is 6.06. The van der Waals surface area contributed by atoms with E-state index in [1.54, 1.807) is 0 Å². The van der Waals surface area contributed by atoms with Gasteiger partial charge in [0.25, 0.3) is 0 Å². The summed E-state index contributed by atoms with van der Waals surface area (Å²) >= 11 is 0. The van der Waals surface area contributed by atoms with E-state index >= 15 is 0 Å². The van der Waals surface area contributed by atoms with Gasteiger partial charge in [-0.25, -0.2) is 4.79 Å². The minimum Gasteiger partial charge on any atom is -0.445 e. The summed E-state index contributed by atoms with van der Waals surface area (Å²) in [5, 5.41) is 6.06. The first-order valence-electron chi connectivity index (χ1n) is 8.87. The SMILES string of the molecule is O=C(N[C@@H]1CC=CCN([C@@H]2CCCNC2)C1=O)OCc1ccccc1. The first kappa shape index (κ1) is 17.5. The van der Waals surface area contributed by atoms with Gasteiger partial charge in [-0.05, 0) is 31.4 Å². The summed E-state index contributed by atoms with van der Waals surface area (Å²) in [6, 6.07) is 9.11. The van der Waals surface area contributed by atoms with E-state index in [2.05, 4.69) is 10.6 Å². The lowest BCUT2D eigenvalue weighted by molar-refractivity contribution is -0.135. The van der Waals surface area contributed by atoms with E-state index in [1.807, 2.05) is 47.4 Å². The number of nitrogens with one attached hydrogen (secondary N) is 2. The second kappa shape index (κ2) is 8.67. The van der Waals surface area contributed by atoms with Gasteiger partial charge in [0.1, 0.15) is 12.6 Å². The summed E-state index contributed by atoms with van der Waals surface area (Å²) in [6.45, 7) is 2.61. The number of carbonyl (C=O) groups excluding carboxylic acids is 2. The highest BCUT2D eigenvalue weighted by Gasteiger charge is 2.31. The predicted octanol–water partition coefficient (Wildman–Crippen LogP) is 1.82. The summed E-state index contributed by atoms with van der Waals surface area (Å²) in [4.78, 5) is 26.8. The van der Waals surface area contributed by atoms with Gasteiger partial charge in [0.15, 0.2) is 0 Å². The van der Waals surface area contributed by atoms with Crippen LogP contribution in [0.3, 0.4) is 0 Å². The topological polar surface area (TPSA) is 70.7 Å². The van der Waals surface area contributed by atoms with Crippen LogP contribution in [0.5, 0.6) is 0 Å². The van der Waals surface area contributed by atoms with Crippen LogP contribution in [0.25, 0.3) is 0 Å². The van der Waals surface area contributed by atoms with E-state index in [1.165, 1.54) is 0 Å². The molecule has 0 saturated carbocycles. The Balaban J connectivity index is 1.55. The van der Waals surface area contributed by atoms with Gasteiger partial charge in [-0.15, -0.1) is 0 Å². The fraction of sp³-hybridized carbons (Fsp3) is 0.474. The highest BCUT2D eigenvalue weighted by Crippen LogP contribution is 2.16. The van der Waals surface area contributed by atoms with Crippen LogP contribution >= 0.6 is 0 Å². The largest absolute Gasteiger partial charge is 0.445 e. The highest BCUT2D eigenvalue weighted by molar-refractivity contribution is 5.86. The van der Waals surface area contributed by atoms with Crippen molar-refractivity contribution in [3.63, 3.8) is 0 Å². The van der Waals surface area contributed by atoms with Gasteiger partial charge >= 0.3 is 6.09 Å². The molecule has 6 nitrogen and oxygen atoms in total. The van der Waals surface area contributed by atoms with E-state index in [9.17, 15) is 9.59 Å². The Morgan fingerprint density at radius 1 is 1.28 bits per heavy atom. The minimum atomic E-state index is -0.566. The van der Waals surface area contributed by atoms with Crippen LogP contribution in [0.1, 0.15) is 24.8 Å². The molecule has 2 atom stereocenters. The Hall–Kier alpha value is -2.34. The van der Waals surface area contributed by atoms with Crippen LogP contribution < -0.4 is 10.6 Å². The third kappa shape index (κ3) is 4.82. The standard InChI is InChI=1S/C19H25N3O3/c23-18-17(21-19(24)25-14-15-7-2-1-3-8-15)10-4-5-12-22(18)16-9-6-11-20-13-16/h1-5,7-8,16-17,20H,6,9-14H2,(H,21,24)/t16-,17-/m1/s1. The Morgan fingerprint density at radius 2 is 2.12 bits per heavy atom. The molecule has 0 bridgehead atoms. The maximum atomic E-state index is 12.8. The number of carbonyl (C=O) groups is 2. The number of hydrogen-bond donors (Lipinski definition) is 2. The molecular weight excluding hydrogens is 318 g/mol. The second-order valence-corrected chi connectivity index (χ2v) is 6.46. The average molecular weight is 343 g/mol. The smallest absolute Gasteiger partial charge is 0.408 e.